The first-order valence-electron chi connectivity index (χ1n) is 7.78. The Morgan fingerprint density at radius 2 is 1.68 bits per heavy atom. The van der Waals surface area contributed by atoms with Gasteiger partial charge in [-0.2, -0.15) is 5.10 Å². The van der Waals surface area contributed by atoms with Gasteiger partial charge in [-0.05, 0) is 37.5 Å². The van der Waals surface area contributed by atoms with Crippen LogP contribution in [0.3, 0.4) is 0 Å². The molecule has 0 atom stereocenters. The van der Waals surface area contributed by atoms with Crippen molar-refractivity contribution in [3.05, 3.63) is 29.8 Å². The standard InChI is InChI=1S/C17H23N3O2/c1-12(19-20-13(2)21)14-8-10-16(11-9-14)18-17(22)15-6-4-3-5-7-15/h8-11,15H,3-7H2,1-2H3,(H,18,22)(H,20,21)/b19-12-. The summed E-state index contributed by atoms with van der Waals surface area (Å²) in [5, 5.41) is 6.97. The van der Waals surface area contributed by atoms with Gasteiger partial charge in [0, 0.05) is 18.5 Å². The Balaban J connectivity index is 1.95. The van der Waals surface area contributed by atoms with E-state index < -0.39 is 0 Å². The maximum atomic E-state index is 12.2. The van der Waals surface area contributed by atoms with Crippen molar-refractivity contribution >= 4 is 23.2 Å². The van der Waals surface area contributed by atoms with Crippen molar-refractivity contribution in [3.63, 3.8) is 0 Å². The number of nitrogens with zero attached hydrogens (tertiary/aromatic N) is 1. The molecule has 0 unspecified atom stereocenters. The number of hydrazone groups is 1. The van der Waals surface area contributed by atoms with Gasteiger partial charge in [0.05, 0.1) is 5.71 Å². The lowest BCUT2D eigenvalue weighted by molar-refractivity contribution is -0.121. The van der Waals surface area contributed by atoms with Gasteiger partial charge in [-0.15, -0.1) is 0 Å². The lowest BCUT2D eigenvalue weighted by atomic mass is 9.88. The van der Waals surface area contributed by atoms with Gasteiger partial charge in [-0.25, -0.2) is 5.43 Å². The molecular formula is C17H23N3O2. The monoisotopic (exact) mass is 301 g/mol. The van der Waals surface area contributed by atoms with Crippen molar-refractivity contribution in [1.82, 2.24) is 5.43 Å². The van der Waals surface area contributed by atoms with Crippen LogP contribution in [-0.4, -0.2) is 17.5 Å². The molecule has 0 radical (unpaired) electrons. The Kier molecular flexibility index (Phi) is 5.69. The second-order valence-corrected chi connectivity index (χ2v) is 5.77. The van der Waals surface area contributed by atoms with E-state index in [2.05, 4.69) is 15.8 Å². The van der Waals surface area contributed by atoms with Crippen molar-refractivity contribution in [2.75, 3.05) is 5.32 Å². The van der Waals surface area contributed by atoms with Gasteiger partial charge in [-0.3, -0.25) is 9.59 Å². The molecule has 2 rings (SSSR count). The number of carbonyl (C=O) groups is 2. The summed E-state index contributed by atoms with van der Waals surface area (Å²) in [6, 6.07) is 7.50. The minimum Gasteiger partial charge on any atom is -0.326 e. The van der Waals surface area contributed by atoms with E-state index in [9.17, 15) is 9.59 Å². The van der Waals surface area contributed by atoms with Crippen LogP contribution in [0.15, 0.2) is 29.4 Å². The minimum absolute atomic E-state index is 0.121. The highest BCUT2D eigenvalue weighted by molar-refractivity contribution is 6.00. The molecule has 1 aromatic rings. The van der Waals surface area contributed by atoms with Gasteiger partial charge < -0.3 is 5.32 Å². The molecular weight excluding hydrogens is 278 g/mol. The van der Waals surface area contributed by atoms with Crippen molar-refractivity contribution in [2.24, 2.45) is 11.0 Å². The summed E-state index contributed by atoms with van der Waals surface area (Å²) in [5.74, 6) is 0.0725. The number of hydrogen-bond acceptors (Lipinski definition) is 3. The van der Waals surface area contributed by atoms with E-state index in [-0.39, 0.29) is 17.7 Å². The van der Waals surface area contributed by atoms with Gasteiger partial charge in [0.25, 0.3) is 0 Å². The first-order chi connectivity index (χ1) is 10.6. The summed E-state index contributed by atoms with van der Waals surface area (Å²) >= 11 is 0. The second-order valence-electron chi connectivity index (χ2n) is 5.77. The summed E-state index contributed by atoms with van der Waals surface area (Å²) in [7, 11) is 0. The first kappa shape index (κ1) is 16.2. The summed E-state index contributed by atoms with van der Waals surface area (Å²) in [6.07, 6.45) is 5.52. The van der Waals surface area contributed by atoms with E-state index in [4.69, 9.17) is 0 Å². The van der Waals surface area contributed by atoms with Gasteiger partial charge in [-0.1, -0.05) is 31.4 Å². The van der Waals surface area contributed by atoms with E-state index in [1.807, 2.05) is 31.2 Å². The number of amides is 2. The van der Waals surface area contributed by atoms with Crippen LogP contribution in [0.4, 0.5) is 5.69 Å². The molecule has 1 aliphatic rings. The molecule has 1 aliphatic carbocycles. The molecule has 5 heteroatoms. The Morgan fingerprint density at radius 1 is 1.05 bits per heavy atom. The van der Waals surface area contributed by atoms with Crippen LogP contribution < -0.4 is 10.7 Å². The van der Waals surface area contributed by atoms with Gasteiger partial charge in [0.2, 0.25) is 11.8 Å². The summed E-state index contributed by atoms with van der Waals surface area (Å²) in [6.45, 7) is 3.24. The topological polar surface area (TPSA) is 70.6 Å². The molecule has 0 bridgehead atoms. The molecule has 1 aromatic carbocycles. The third kappa shape index (κ3) is 4.69. The average molecular weight is 301 g/mol. The zero-order chi connectivity index (χ0) is 15.9. The van der Waals surface area contributed by atoms with Gasteiger partial charge in [0.1, 0.15) is 0 Å². The number of benzene rings is 1. The second kappa shape index (κ2) is 7.73. The molecule has 118 valence electrons. The molecule has 1 saturated carbocycles. The van der Waals surface area contributed by atoms with Crippen LogP contribution in [-0.2, 0) is 9.59 Å². The van der Waals surface area contributed by atoms with Crippen molar-refractivity contribution in [2.45, 2.75) is 46.0 Å². The fourth-order valence-electron chi connectivity index (χ4n) is 2.63. The van der Waals surface area contributed by atoms with Gasteiger partial charge in [0.15, 0.2) is 0 Å². The highest BCUT2D eigenvalue weighted by atomic mass is 16.2. The maximum Gasteiger partial charge on any atom is 0.236 e. The van der Waals surface area contributed by atoms with E-state index in [1.165, 1.54) is 13.3 Å². The molecule has 5 nitrogen and oxygen atoms in total. The van der Waals surface area contributed by atoms with Gasteiger partial charge >= 0.3 is 0 Å². The lowest BCUT2D eigenvalue weighted by Crippen LogP contribution is -2.24. The molecule has 0 spiro atoms. The van der Waals surface area contributed by atoms with E-state index in [0.717, 1.165) is 42.6 Å². The fourth-order valence-corrected chi connectivity index (χ4v) is 2.63. The number of rotatable bonds is 4. The number of carbonyl (C=O) groups excluding carboxylic acids is 2. The van der Waals surface area contributed by atoms with E-state index in [0.29, 0.717) is 0 Å². The maximum absolute atomic E-state index is 12.2. The molecule has 0 saturated heterocycles. The molecule has 0 aliphatic heterocycles. The van der Waals surface area contributed by atoms with Crippen molar-refractivity contribution in [3.8, 4) is 0 Å². The quantitative estimate of drug-likeness (QED) is 0.663. The molecule has 2 N–H and O–H groups in total. The number of anilines is 1. The van der Waals surface area contributed by atoms with E-state index in [1.54, 1.807) is 0 Å². The summed E-state index contributed by atoms with van der Waals surface area (Å²) in [4.78, 5) is 23.0. The van der Waals surface area contributed by atoms with Crippen LogP contribution >= 0.6 is 0 Å². The zero-order valence-electron chi connectivity index (χ0n) is 13.2. The predicted molar refractivity (Wildman–Crippen MR) is 87.7 cm³/mol. The van der Waals surface area contributed by atoms with Crippen LogP contribution in [0.1, 0.15) is 51.5 Å². The van der Waals surface area contributed by atoms with Crippen LogP contribution in [0, 0.1) is 5.92 Å². The Bertz CT molecular complexity index is 558. The Hall–Kier alpha value is -2.17. The molecule has 1 fully saturated rings. The first-order valence-corrected chi connectivity index (χ1v) is 7.78. The molecule has 22 heavy (non-hydrogen) atoms. The Morgan fingerprint density at radius 3 is 2.27 bits per heavy atom. The van der Waals surface area contributed by atoms with Crippen molar-refractivity contribution in [1.29, 1.82) is 0 Å². The fraction of sp³-hybridized carbons (Fsp3) is 0.471. The predicted octanol–water partition coefficient (Wildman–Crippen LogP) is 3.07. The van der Waals surface area contributed by atoms with Crippen molar-refractivity contribution < 1.29 is 9.59 Å². The lowest BCUT2D eigenvalue weighted by Gasteiger charge is -2.20. The number of hydrogen-bond donors (Lipinski definition) is 2. The van der Waals surface area contributed by atoms with Crippen LogP contribution in [0.25, 0.3) is 0 Å². The number of nitrogens with one attached hydrogen (secondary N) is 2. The molecule has 0 heterocycles. The Labute approximate surface area is 131 Å². The summed E-state index contributed by atoms with van der Waals surface area (Å²) < 4.78 is 0. The average Bonchev–Trinajstić information content (AvgIpc) is 2.54. The SMILES string of the molecule is CC(=O)N/N=C(/C)c1ccc(NC(=O)C2CCCCC2)cc1. The highest BCUT2D eigenvalue weighted by Gasteiger charge is 2.20. The van der Waals surface area contributed by atoms with E-state index >= 15 is 0 Å². The zero-order valence-corrected chi connectivity index (χ0v) is 13.2. The molecule has 0 aromatic heterocycles. The van der Waals surface area contributed by atoms with Crippen LogP contribution in [0.2, 0.25) is 0 Å². The minimum atomic E-state index is -0.198. The highest BCUT2D eigenvalue weighted by Crippen LogP contribution is 2.25. The van der Waals surface area contributed by atoms with Crippen LogP contribution in [0.5, 0.6) is 0 Å². The smallest absolute Gasteiger partial charge is 0.236 e. The normalized spacial score (nSPS) is 16.2. The third-order valence-electron chi connectivity index (χ3n) is 3.93. The molecule has 2 amide bonds. The summed E-state index contributed by atoms with van der Waals surface area (Å²) in [5.41, 5.74) is 4.84. The largest absolute Gasteiger partial charge is 0.326 e. The third-order valence-corrected chi connectivity index (χ3v) is 3.93.